The van der Waals surface area contributed by atoms with Crippen LogP contribution in [-0.4, -0.2) is 41.1 Å². The van der Waals surface area contributed by atoms with Gasteiger partial charge in [-0.15, -0.1) is 0 Å². The third-order valence-corrected chi connectivity index (χ3v) is 4.04. The summed E-state index contributed by atoms with van der Waals surface area (Å²) in [5.74, 6) is 0.00570. The van der Waals surface area contributed by atoms with Crippen LogP contribution >= 0.6 is 15.9 Å². The lowest BCUT2D eigenvalue weighted by atomic mass is 10.2. The molecule has 1 fully saturated rings. The fourth-order valence-electron chi connectivity index (χ4n) is 2.59. The van der Waals surface area contributed by atoms with Gasteiger partial charge in [0.1, 0.15) is 5.69 Å². The molecule has 0 saturated carbocycles. The van der Waals surface area contributed by atoms with E-state index in [0.717, 1.165) is 24.1 Å². The van der Waals surface area contributed by atoms with Gasteiger partial charge in [-0.2, -0.15) is 0 Å². The first-order valence-corrected chi connectivity index (χ1v) is 7.25. The minimum Gasteiger partial charge on any atom is -0.349 e. The number of hydrogen-bond acceptors (Lipinski definition) is 2. The van der Waals surface area contributed by atoms with Crippen LogP contribution < -0.4 is 5.32 Å². The summed E-state index contributed by atoms with van der Waals surface area (Å²) in [6.07, 6.45) is 4.32. The number of halogens is 1. The Bertz CT molecular complexity index is 430. The largest absolute Gasteiger partial charge is 0.349 e. The molecule has 1 aromatic heterocycles. The molecule has 4 nitrogen and oxygen atoms in total. The van der Waals surface area contributed by atoms with Gasteiger partial charge in [0.2, 0.25) is 0 Å². The molecule has 100 valence electrons. The molecule has 0 aromatic carbocycles. The van der Waals surface area contributed by atoms with E-state index < -0.39 is 0 Å². The van der Waals surface area contributed by atoms with Crippen LogP contribution in [0.15, 0.2) is 16.7 Å². The van der Waals surface area contributed by atoms with E-state index >= 15 is 0 Å². The molecule has 0 spiro atoms. The Morgan fingerprint density at radius 2 is 2.39 bits per heavy atom. The van der Waals surface area contributed by atoms with Crippen molar-refractivity contribution in [2.24, 2.45) is 7.05 Å². The molecular formula is C13H20BrN3O. The zero-order valence-corrected chi connectivity index (χ0v) is 12.5. The number of carbonyl (C=O) groups excluding carboxylic acids is 1. The second kappa shape index (κ2) is 5.89. The average molecular weight is 314 g/mol. The summed E-state index contributed by atoms with van der Waals surface area (Å²) in [6.45, 7) is 5.15. The lowest BCUT2D eigenvalue weighted by Crippen LogP contribution is -2.40. The summed E-state index contributed by atoms with van der Waals surface area (Å²) in [5.41, 5.74) is 0.697. The van der Waals surface area contributed by atoms with Crippen molar-refractivity contribution in [1.82, 2.24) is 14.8 Å². The number of nitrogens with one attached hydrogen (secondary N) is 1. The standard InChI is InChI=1S/C13H20BrN3O/c1-3-17-6-4-5-11(17)8-15-13(18)12-7-10(14)9-16(12)2/h7,9,11H,3-6,8H2,1-2H3,(H,15,18). The van der Waals surface area contributed by atoms with Gasteiger partial charge in [0.25, 0.3) is 5.91 Å². The van der Waals surface area contributed by atoms with E-state index in [1.807, 2.05) is 23.9 Å². The molecule has 1 aliphatic rings. The molecule has 0 aliphatic carbocycles. The van der Waals surface area contributed by atoms with E-state index in [1.54, 1.807) is 0 Å². The Balaban J connectivity index is 1.90. The molecule has 2 heterocycles. The number of rotatable bonds is 4. The quantitative estimate of drug-likeness (QED) is 0.923. The Labute approximate surface area is 116 Å². The van der Waals surface area contributed by atoms with Gasteiger partial charge in [-0.25, -0.2) is 0 Å². The minimum atomic E-state index is 0.00570. The Kier molecular flexibility index (Phi) is 4.45. The van der Waals surface area contributed by atoms with Crippen molar-refractivity contribution in [3.63, 3.8) is 0 Å². The fourth-order valence-corrected chi connectivity index (χ4v) is 3.12. The molecule has 1 saturated heterocycles. The maximum atomic E-state index is 12.1. The smallest absolute Gasteiger partial charge is 0.267 e. The summed E-state index contributed by atoms with van der Waals surface area (Å²) >= 11 is 3.38. The summed E-state index contributed by atoms with van der Waals surface area (Å²) in [5, 5.41) is 3.04. The van der Waals surface area contributed by atoms with Crippen molar-refractivity contribution >= 4 is 21.8 Å². The van der Waals surface area contributed by atoms with Gasteiger partial charge in [0, 0.05) is 30.3 Å². The highest BCUT2D eigenvalue weighted by Crippen LogP contribution is 2.16. The molecule has 1 atom stereocenters. The fraction of sp³-hybridized carbons (Fsp3) is 0.615. The molecule has 1 aromatic rings. The first kappa shape index (κ1) is 13.6. The highest BCUT2D eigenvalue weighted by atomic mass is 79.9. The number of hydrogen-bond donors (Lipinski definition) is 1. The van der Waals surface area contributed by atoms with Crippen LogP contribution in [0.3, 0.4) is 0 Å². The Hall–Kier alpha value is -0.810. The Morgan fingerprint density at radius 1 is 1.61 bits per heavy atom. The van der Waals surface area contributed by atoms with Crippen LogP contribution in [0.5, 0.6) is 0 Å². The van der Waals surface area contributed by atoms with E-state index in [9.17, 15) is 4.79 Å². The van der Waals surface area contributed by atoms with Crippen LogP contribution in [0.25, 0.3) is 0 Å². The topological polar surface area (TPSA) is 37.3 Å². The first-order valence-electron chi connectivity index (χ1n) is 6.46. The van der Waals surface area contributed by atoms with Gasteiger partial charge < -0.3 is 9.88 Å². The predicted octanol–water partition coefficient (Wildman–Crippen LogP) is 2.00. The number of amides is 1. The van der Waals surface area contributed by atoms with Gasteiger partial charge in [-0.3, -0.25) is 9.69 Å². The SMILES string of the molecule is CCN1CCCC1CNC(=O)c1cc(Br)cn1C. The van der Waals surface area contributed by atoms with E-state index in [1.165, 1.54) is 12.8 Å². The summed E-state index contributed by atoms with van der Waals surface area (Å²) in [6, 6.07) is 2.35. The monoisotopic (exact) mass is 313 g/mol. The second-order valence-electron chi connectivity index (χ2n) is 4.79. The van der Waals surface area contributed by atoms with Crippen LogP contribution in [0.1, 0.15) is 30.3 Å². The zero-order chi connectivity index (χ0) is 13.1. The maximum absolute atomic E-state index is 12.1. The van der Waals surface area contributed by atoms with Gasteiger partial charge in [-0.05, 0) is 47.9 Å². The van der Waals surface area contributed by atoms with E-state index in [4.69, 9.17) is 0 Å². The first-order chi connectivity index (χ1) is 8.61. The number of aromatic nitrogens is 1. The lowest BCUT2D eigenvalue weighted by molar-refractivity contribution is 0.0933. The lowest BCUT2D eigenvalue weighted by Gasteiger charge is -2.22. The molecule has 0 bridgehead atoms. The van der Waals surface area contributed by atoms with E-state index in [0.29, 0.717) is 11.7 Å². The number of likely N-dealkylation sites (tertiary alicyclic amines) is 1. The summed E-state index contributed by atoms with van der Waals surface area (Å²) in [4.78, 5) is 14.5. The number of carbonyl (C=O) groups is 1. The third-order valence-electron chi connectivity index (χ3n) is 3.61. The minimum absolute atomic E-state index is 0.00570. The second-order valence-corrected chi connectivity index (χ2v) is 5.70. The van der Waals surface area contributed by atoms with Crippen LogP contribution in [-0.2, 0) is 7.05 Å². The van der Waals surface area contributed by atoms with Crippen molar-refractivity contribution in [2.75, 3.05) is 19.6 Å². The molecular weight excluding hydrogens is 294 g/mol. The van der Waals surface area contributed by atoms with Crippen LogP contribution in [0, 0.1) is 0 Å². The molecule has 1 aliphatic heterocycles. The highest BCUT2D eigenvalue weighted by Gasteiger charge is 2.23. The van der Waals surface area contributed by atoms with Crippen molar-refractivity contribution in [3.05, 3.63) is 22.4 Å². The normalized spacial score (nSPS) is 20.3. The Morgan fingerprint density at radius 3 is 3.00 bits per heavy atom. The maximum Gasteiger partial charge on any atom is 0.267 e. The van der Waals surface area contributed by atoms with Gasteiger partial charge in [-0.1, -0.05) is 6.92 Å². The molecule has 1 N–H and O–H groups in total. The number of nitrogens with zero attached hydrogens (tertiary/aromatic N) is 2. The summed E-state index contributed by atoms with van der Waals surface area (Å²) < 4.78 is 2.78. The van der Waals surface area contributed by atoms with Crippen molar-refractivity contribution in [3.8, 4) is 0 Å². The number of likely N-dealkylation sites (N-methyl/N-ethyl adjacent to an activating group) is 1. The van der Waals surface area contributed by atoms with Crippen molar-refractivity contribution < 1.29 is 4.79 Å². The van der Waals surface area contributed by atoms with Crippen LogP contribution in [0.4, 0.5) is 0 Å². The van der Waals surface area contributed by atoms with E-state index in [2.05, 4.69) is 33.1 Å². The summed E-state index contributed by atoms with van der Waals surface area (Å²) in [7, 11) is 1.88. The predicted molar refractivity (Wildman–Crippen MR) is 75.7 cm³/mol. The van der Waals surface area contributed by atoms with E-state index in [-0.39, 0.29) is 5.91 Å². The van der Waals surface area contributed by atoms with Gasteiger partial charge in [0.15, 0.2) is 0 Å². The zero-order valence-electron chi connectivity index (χ0n) is 10.9. The molecule has 18 heavy (non-hydrogen) atoms. The van der Waals surface area contributed by atoms with Gasteiger partial charge >= 0.3 is 0 Å². The molecule has 1 unspecified atom stereocenters. The average Bonchev–Trinajstić information content (AvgIpc) is 2.92. The molecule has 1 amide bonds. The number of aryl methyl sites for hydroxylation is 1. The van der Waals surface area contributed by atoms with Crippen molar-refractivity contribution in [2.45, 2.75) is 25.8 Å². The molecule has 0 radical (unpaired) electrons. The van der Waals surface area contributed by atoms with Gasteiger partial charge in [0.05, 0.1) is 0 Å². The van der Waals surface area contributed by atoms with Crippen molar-refractivity contribution in [1.29, 1.82) is 0 Å². The van der Waals surface area contributed by atoms with Crippen LogP contribution in [0.2, 0.25) is 0 Å². The highest BCUT2D eigenvalue weighted by molar-refractivity contribution is 9.10. The molecule has 5 heteroatoms. The third kappa shape index (κ3) is 2.95. The molecule has 2 rings (SSSR count).